The smallest absolute Gasteiger partial charge is 0.310 e. The van der Waals surface area contributed by atoms with E-state index in [1.54, 1.807) is 0 Å². The van der Waals surface area contributed by atoms with Crippen LogP contribution < -0.4 is 5.32 Å². The Bertz CT molecular complexity index is 628. The van der Waals surface area contributed by atoms with Gasteiger partial charge in [0.1, 0.15) is 0 Å². The summed E-state index contributed by atoms with van der Waals surface area (Å²) < 4.78 is 6.82. The molecular formula is C14H16N2O2. The summed E-state index contributed by atoms with van der Waals surface area (Å²) >= 11 is 0. The molecular weight excluding hydrogens is 228 g/mol. The molecule has 0 saturated carbocycles. The third kappa shape index (κ3) is 1.69. The van der Waals surface area contributed by atoms with Crippen molar-refractivity contribution in [2.75, 3.05) is 7.11 Å². The average molecular weight is 244 g/mol. The molecule has 2 aromatic rings. The molecule has 3 rings (SSSR count). The molecule has 0 spiro atoms. The molecule has 1 aromatic carbocycles. The largest absolute Gasteiger partial charge is 0.469 e. The second-order valence-corrected chi connectivity index (χ2v) is 4.76. The standard InChI is InChI=1S/C14H16N2O2/c1-16-8-11(5-14(17)18-2)12-3-9-6-15-7-10(9)4-13(12)16/h3-4,8,15H,5-7H2,1-2H3. The number of methoxy groups -OCH3 is 1. The maximum atomic E-state index is 11.4. The minimum Gasteiger partial charge on any atom is -0.469 e. The van der Waals surface area contributed by atoms with Crippen molar-refractivity contribution in [3.05, 3.63) is 35.0 Å². The number of aromatic nitrogens is 1. The Morgan fingerprint density at radius 1 is 1.39 bits per heavy atom. The zero-order chi connectivity index (χ0) is 12.7. The first-order valence-corrected chi connectivity index (χ1v) is 6.06. The van der Waals surface area contributed by atoms with Gasteiger partial charge in [0.05, 0.1) is 13.5 Å². The van der Waals surface area contributed by atoms with Gasteiger partial charge in [-0.15, -0.1) is 0 Å². The zero-order valence-corrected chi connectivity index (χ0v) is 10.6. The molecule has 0 fully saturated rings. The Hall–Kier alpha value is -1.81. The number of ether oxygens (including phenoxy) is 1. The molecule has 1 aliphatic rings. The van der Waals surface area contributed by atoms with E-state index in [9.17, 15) is 4.79 Å². The fraction of sp³-hybridized carbons (Fsp3) is 0.357. The summed E-state index contributed by atoms with van der Waals surface area (Å²) in [5.74, 6) is -0.193. The number of esters is 1. The Morgan fingerprint density at radius 3 is 2.83 bits per heavy atom. The molecule has 94 valence electrons. The second-order valence-electron chi connectivity index (χ2n) is 4.76. The summed E-state index contributed by atoms with van der Waals surface area (Å²) in [5.41, 5.74) is 4.90. The van der Waals surface area contributed by atoms with Gasteiger partial charge >= 0.3 is 5.97 Å². The number of carbonyl (C=O) groups excluding carboxylic acids is 1. The Kier molecular flexibility index (Phi) is 2.59. The summed E-state index contributed by atoms with van der Waals surface area (Å²) in [6, 6.07) is 4.41. The highest BCUT2D eigenvalue weighted by Gasteiger charge is 2.16. The number of benzene rings is 1. The highest BCUT2D eigenvalue weighted by molar-refractivity contribution is 5.89. The lowest BCUT2D eigenvalue weighted by Crippen LogP contribution is -2.03. The topological polar surface area (TPSA) is 43.3 Å². The molecule has 0 atom stereocenters. The van der Waals surface area contributed by atoms with Gasteiger partial charge in [-0.05, 0) is 28.8 Å². The van der Waals surface area contributed by atoms with Crippen LogP contribution in [0.3, 0.4) is 0 Å². The first-order valence-electron chi connectivity index (χ1n) is 6.06. The van der Waals surface area contributed by atoms with E-state index in [0.717, 1.165) is 24.0 Å². The van der Waals surface area contributed by atoms with Crippen molar-refractivity contribution in [3.63, 3.8) is 0 Å². The molecule has 0 saturated heterocycles. The number of nitrogens with one attached hydrogen (secondary N) is 1. The van der Waals surface area contributed by atoms with E-state index in [1.807, 2.05) is 13.2 Å². The molecule has 0 radical (unpaired) electrons. The van der Waals surface area contributed by atoms with Gasteiger partial charge in [-0.25, -0.2) is 0 Å². The molecule has 2 heterocycles. The molecule has 0 unspecified atom stereocenters. The fourth-order valence-electron chi connectivity index (χ4n) is 2.63. The van der Waals surface area contributed by atoms with E-state index in [1.165, 1.54) is 23.8 Å². The summed E-state index contributed by atoms with van der Waals surface area (Å²) in [6.07, 6.45) is 2.35. The van der Waals surface area contributed by atoms with Gasteiger partial charge in [0.2, 0.25) is 0 Å². The van der Waals surface area contributed by atoms with Gasteiger partial charge in [-0.1, -0.05) is 0 Å². The van der Waals surface area contributed by atoms with Gasteiger partial charge in [0, 0.05) is 37.2 Å². The van der Waals surface area contributed by atoms with Gasteiger partial charge in [-0.3, -0.25) is 4.79 Å². The predicted octanol–water partition coefficient (Wildman–Crippen LogP) is 1.50. The molecule has 0 aliphatic carbocycles. The van der Waals surface area contributed by atoms with Gasteiger partial charge in [-0.2, -0.15) is 0 Å². The van der Waals surface area contributed by atoms with E-state index in [0.29, 0.717) is 6.42 Å². The van der Waals surface area contributed by atoms with Gasteiger partial charge < -0.3 is 14.6 Å². The van der Waals surface area contributed by atoms with E-state index >= 15 is 0 Å². The highest BCUT2D eigenvalue weighted by Crippen LogP contribution is 2.27. The molecule has 4 heteroatoms. The molecule has 4 nitrogen and oxygen atoms in total. The zero-order valence-electron chi connectivity index (χ0n) is 10.6. The fourth-order valence-corrected chi connectivity index (χ4v) is 2.63. The lowest BCUT2D eigenvalue weighted by Gasteiger charge is -2.02. The van der Waals surface area contributed by atoms with E-state index in [4.69, 9.17) is 4.74 Å². The first-order chi connectivity index (χ1) is 8.69. The first kappa shape index (κ1) is 11.3. The number of carbonyl (C=O) groups is 1. The van der Waals surface area contributed by atoms with Crippen molar-refractivity contribution in [1.82, 2.24) is 9.88 Å². The van der Waals surface area contributed by atoms with Crippen LogP contribution >= 0.6 is 0 Å². The maximum absolute atomic E-state index is 11.4. The molecule has 18 heavy (non-hydrogen) atoms. The molecule has 1 N–H and O–H groups in total. The minimum atomic E-state index is -0.193. The van der Waals surface area contributed by atoms with Crippen LogP contribution in [0.2, 0.25) is 0 Å². The van der Waals surface area contributed by atoms with Crippen LogP contribution in [0.5, 0.6) is 0 Å². The van der Waals surface area contributed by atoms with E-state index in [2.05, 4.69) is 22.0 Å². The highest BCUT2D eigenvalue weighted by atomic mass is 16.5. The second kappa shape index (κ2) is 4.14. The Morgan fingerprint density at radius 2 is 2.11 bits per heavy atom. The number of hydrogen-bond acceptors (Lipinski definition) is 3. The lowest BCUT2D eigenvalue weighted by molar-refractivity contribution is -0.139. The van der Waals surface area contributed by atoms with Crippen LogP contribution in [0.25, 0.3) is 10.9 Å². The minimum absolute atomic E-state index is 0.193. The number of nitrogens with zero attached hydrogens (tertiary/aromatic N) is 1. The number of aryl methyl sites for hydroxylation is 1. The van der Waals surface area contributed by atoms with Gasteiger partial charge in [0.25, 0.3) is 0 Å². The number of rotatable bonds is 2. The SMILES string of the molecule is COC(=O)Cc1cn(C)c2cc3c(cc12)CNC3. The van der Waals surface area contributed by atoms with Crippen molar-refractivity contribution in [3.8, 4) is 0 Å². The van der Waals surface area contributed by atoms with E-state index in [-0.39, 0.29) is 5.97 Å². The third-order valence-corrected chi connectivity index (χ3v) is 3.59. The average Bonchev–Trinajstić information content (AvgIpc) is 2.93. The van der Waals surface area contributed by atoms with Crippen molar-refractivity contribution in [2.24, 2.45) is 7.05 Å². The number of hydrogen-bond donors (Lipinski definition) is 1. The van der Waals surface area contributed by atoms with Crippen molar-refractivity contribution >= 4 is 16.9 Å². The number of fused-ring (bicyclic) bond motifs is 2. The normalized spacial score (nSPS) is 13.9. The summed E-state index contributed by atoms with van der Waals surface area (Å²) in [5, 5.41) is 4.50. The summed E-state index contributed by atoms with van der Waals surface area (Å²) in [6.45, 7) is 1.85. The predicted molar refractivity (Wildman–Crippen MR) is 69.2 cm³/mol. The monoisotopic (exact) mass is 244 g/mol. The summed E-state index contributed by atoms with van der Waals surface area (Å²) in [4.78, 5) is 11.4. The summed E-state index contributed by atoms with van der Waals surface area (Å²) in [7, 11) is 3.44. The van der Waals surface area contributed by atoms with Crippen LogP contribution in [-0.2, 0) is 36.1 Å². The van der Waals surface area contributed by atoms with Crippen LogP contribution in [0, 0.1) is 0 Å². The van der Waals surface area contributed by atoms with E-state index < -0.39 is 0 Å². The maximum Gasteiger partial charge on any atom is 0.310 e. The van der Waals surface area contributed by atoms with Crippen LogP contribution in [0.15, 0.2) is 18.3 Å². The molecule has 1 aliphatic heterocycles. The van der Waals surface area contributed by atoms with Gasteiger partial charge in [0.15, 0.2) is 0 Å². The van der Waals surface area contributed by atoms with Crippen molar-refractivity contribution in [1.29, 1.82) is 0 Å². The van der Waals surface area contributed by atoms with Crippen LogP contribution in [-0.4, -0.2) is 17.6 Å². The molecule has 0 bridgehead atoms. The molecule has 1 aromatic heterocycles. The third-order valence-electron chi connectivity index (χ3n) is 3.59. The Labute approximate surface area is 106 Å². The van der Waals surface area contributed by atoms with Crippen molar-refractivity contribution < 1.29 is 9.53 Å². The van der Waals surface area contributed by atoms with Crippen molar-refractivity contribution in [2.45, 2.75) is 19.5 Å². The van der Waals surface area contributed by atoms with Crippen LogP contribution in [0.4, 0.5) is 0 Å². The quantitative estimate of drug-likeness (QED) is 0.814. The lowest BCUT2D eigenvalue weighted by atomic mass is 10.0. The Balaban J connectivity index is 2.13. The van der Waals surface area contributed by atoms with Crippen LogP contribution in [0.1, 0.15) is 16.7 Å². The molecule has 0 amide bonds.